The number of piperidine rings is 2. The molecule has 0 bridgehead atoms. The van der Waals surface area contributed by atoms with Crippen LogP contribution in [-0.4, -0.2) is 48.6 Å². The number of rotatable bonds is 4. The van der Waals surface area contributed by atoms with Crippen molar-refractivity contribution >= 4 is 18.3 Å². The Morgan fingerprint density at radius 1 is 1.00 bits per heavy atom. The summed E-state index contributed by atoms with van der Waals surface area (Å²) in [5, 5.41) is 6.69. The standard InChI is InChI=1S/C18H33N3O.ClH/c22-17(16-9-3-6-12-19-16)20-15-18(10-4-1-5-11-18)21-13-7-2-8-14-21;/h16,19H,1-15H2,(H,20,22);1H/t16-;/m0./s1. The molecule has 3 rings (SSSR count). The highest BCUT2D eigenvalue weighted by molar-refractivity contribution is 5.85. The normalized spacial score (nSPS) is 28.6. The van der Waals surface area contributed by atoms with E-state index >= 15 is 0 Å². The lowest BCUT2D eigenvalue weighted by molar-refractivity contribution is -0.124. The first-order chi connectivity index (χ1) is 10.8. The average Bonchev–Trinajstić information content (AvgIpc) is 2.62. The zero-order valence-electron chi connectivity index (χ0n) is 14.4. The van der Waals surface area contributed by atoms with E-state index in [0.29, 0.717) is 0 Å². The fourth-order valence-corrected chi connectivity index (χ4v) is 4.63. The summed E-state index contributed by atoms with van der Waals surface area (Å²) in [7, 11) is 0. The van der Waals surface area contributed by atoms with Crippen molar-refractivity contribution in [2.24, 2.45) is 0 Å². The summed E-state index contributed by atoms with van der Waals surface area (Å²) < 4.78 is 0. The van der Waals surface area contributed by atoms with Gasteiger partial charge in [0.2, 0.25) is 5.91 Å². The van der Waals surface area contributed by atoms with E-state index in [1.807, 2.05) is 0 Å². The van der Waals surface area contributed by atoms with E-state index in [4.69, 9.17) is 0 Å². The van der Waals surface area contributed by atoms with Gasteiger partial charge in [-0.3, -0.25) is 9.69 Å². The van der Waals surface area contributed by atoms with Crippen LogP contribution < -0.4 is 10.6 Å². The first-order valence-corrected chi connectivity index (χ1v) is 9.56. The first kappa shape index (κ1) is 19.0. The highest BCUT2D eigenvalue weighted by Crippen LogP contribution is 2.35. The fraction of sp³-hybridized carbons (Fsp3) is 0.944. The molecule has 2 heterocycles. The number of likely N-dealkylation sites (tertiary alicyclic amines) is 1. The van der Waals surface area contributed by atoms with Crippen LogP contribution in [0.2, 0.25) is 0 Å². The van der Waals surface area contributed by atoms with E-state index in [1.165, 1.54) is 77.3 Å². The Bertz CT molecular complexity index is 359. The Kier molecular flexibility index (Phi) is 7.64. The third-order valence-electron chi connectivity index (χ3n) is 6.03. The minimum atomic E-state index is 0. The van der Waals surface area contributed by atoms with Crippen LogP contribution in [0.4, 0.5) is 0 Å². The van der Waals surface area contributed by atoms with E-state index in [9.17, 15) is 4.79 Å². The van der Waals surface area contributed by atoms with Gasteiger partial charge in [0.25, 0.3) is 0 Å². The van der Waals surface area contributed by atoms with Crippen molar-refractivity contribution in [3.8, 4) is 0 Å². The van der Waals surface area contributed by atoms with Gasteiger partial charge in [-0.25, -0.2) is 0 Å². The molecule has 2 aliphatic heterocycles. The van der Waals surface area contributed by atoms with Crippen molar-refractivity contribution in [3.05, 3.63) is 0 Å². The molecule has 2 N–H and O–H groups in total. The molecule has 0 radical (unpaired) electrons. The highest BCUT2D eigenvalue weighted by Gasteiger charge is 2.39. The van der Waals surface area contributed by atoms with Gasteiger partial charge in [0.05, 0.1) is 6.04 Å². The molecule has 1 aliphatic carbocycles. The summed E-state index contributed by atoms with van der Waals surface area (Å²) >= 11 is 0. The maximum absolute atomic E-state index is 12.5. The number of hydrogen-bond donors (Lipinski definition) is 2. The number of amides is 1. The number of halogens is 1. The van der Waals surface area contributed by atoms with Crippen LogP contribution in [0.5, 0.6) is 0 Å². The summed E-state index contributed by atoms with van der Waals surface area (Å²) in [6.07, 6.45) is 14.0. The second-order valence-corrected chi connectivity index (χ2v) is 7.55. The Morgan fingerprint density at radius 3 is 2.35 bits per heavy atom. The molecule has 3 aliphatic rings. The van der Waals surface area contributed by atoms with Gasteiger partial charge in [-0.2, -0.15) is 0 Å². The molecule has 0 aromatic heterocycles. The third kappa shape index (κ3) is 4.83. The largest absolute Gasteiger partial charge is 0.353 e. The summed E-state index contributed by atoms with van der Waals surface area (Å²) in [5.41, 5.74) is 0.253. The predicted octanol–water partition coefficient (Wildman–Crippen LogP) is 2.86. The average molecular weight is 344 g/mol. The number of nitrogens with zero attached hydrogens (tertiary/aromatic N) is 1. The zero-order valence-corrected chi connectivity index (χ0v) is 15.3. The smallest absolute Gasteiger partial charge is 0.237 e. The van der Waals surface area contributed by atoms with Crippen LogP contribution in [-0.2, 0) is 4.79 Å². The number of carbonyl (C=O) groups is 1. The molecule has 1 saturated carbocycles. The first-order valence-electron chi connectivity index (χ1n) is 9.56. The van der Waals surface area contributed by atoms with E-state index in [-0.39, 0.29) is 29.9 Å². The van der Waals surface area contributed by atoms with Crippen LogP contribution in [0.3, 0.4) is 0 Å². The molecular formula is C18H34ClN3O. The molecule has 0 aromatic rings. The van der Waals surface area contributed by atoms with Crippen LogP contribution in [0.25, 0.3) is 0 Å². The molecule has 23 heavy (non-hydrogen) atoms. The van der Waals surface area contributed by atoms with E-state index in [0.717, 1.165) is 19.5 Å². The molecule has 3 fully saturated rings. The topological polar surface area (TPSA) is 44.4 Å². The Labute approximate surface area is 147 Å². The maximum Gasteiger partial charge on any atom is 0.237 e. The van der Waals surface area contributed by atoms with Crippen molar-refractivity contribution < 1.29 is 4.79 Å². The fourth-order valence-electron chi connectivity index (χ4n) is 4.63. The summed E-state index contributed by atoms with van der Waals surface area (Å²) in [5.74, 6) is 0.238. The van der Waals surface area contributed by atoms with Gasteiger partial charge in [0.1, 0.15) is 0 Å². The summed E-state index contributed by atoms with van der Waals surface area (Å²) in [6.45, 7) is 4.33. The molecule has 0 unspecified atom stereocenters. The SMILES string of the molecule is Cl.O=C(NCC1(N2CCCCC2)CCCCC1)[C@@H]1CCCCN1. The molecule has 1 amide bonds. The zero-order chi connectivity index (χ0) is 15.3. The van der Waals surface area contributed by atoms with Crippen molar-refractivity contribution in [1.82, 2.24) is 15.5 Å². The van der Waals surface area contributed by atoms with Crippen molar-refractivity contribution in [1.29, 1.82) is 0 Å². The maximum atomic E-state index is 12.5. The molecule has 0 aromatic carbocycles. The van der Waals surface area contributed by atoms with E-state index in [1.54, 1.807) is 0 Å². The third-order valence-corrected chi connectivity index (χ3v) is 6.03. The van der Waals surface area contributed by atoms with Crippen molar-refractivity contribution in [3.63, 3.8) is 0 Å². The molecule has 1 atom stereocenters. The van der Waals surface area contributed by atoms with Crippen LogP contribution in [0.1, 0.15) is 70.6 Å². The minimum absolute atomic E-state index is 0. The van der Waals surface area contributed by atoms with Crippen molar-refractivity contribution in [2.45, 2.75) is 82.2 Å². The van der Waals surface area contributed by atoms with Crippen LogP contribution >= 0.6 is 12.4 Å². The molecule has 4 nitrogen and oxygen atoms in total. The van der Waals surface area contributed by atoms with Gasteiger partial charge in [0.15, 0.2) is 0 Å². The number of nitrogens with one attached hydrogen (secondary N) is 2. The van der Waals surface area contributed by atoms with Gasteiger partial charge >= 0.3 is 0 Å². The summed E-state index contributed by atoms with van der Waals surface area (Å²) in [4.78, 5) is 15.2. The summed E-state index contributed by atoms with van der Waals surface area (Å²) in [6, 6.07) is 0.0516. The molecule has 0 spiro atoms. The van der Waals surface area contributed by atoms with Gasteiger partial charge in [-0.05, 0) is 58.2 Å². The number of carbonyl (C=O) groups excluding carboxylic acids is 1. The van der Waals surface area contributed by atoms with Gasteiger partial charge < -0.3 is 10.6 Å². The second kappa shape index (κ2) is 9.24. The Balaban J connectivity index is 0.00000192. The molecule has 134 valence electrons. The van der Waals surface area contributed by atoms with Crippen LogP contribution in [0, 0.1) is 0 Å². The van der Waals surface area contributed by atoms with Gasteiger partial charge in [-0.1, -0.05) is 32.1 Å². The molecule has 2 saturated heterocycles. The lowest BCUT2D eigenvalue weighted by Crippen LogP contribution is -2.59. The molecular weight excluding hydrogens is 310 g/mol. The Morgan fingerprint density at radius 2 is 1.70 bits per heavy atom. The minimum Gasteiger partial charge on any atom is -0.353 e. The van der Waals surface area contributed by atoms with Crippen molar-refractivity contribution in [2.75, 3.05) is 26.2 Å². The van der Waals surface area contributed by atoms with E-state index in [2.05, 4.69) is 15.5 Å². The Hall–Kier alpha value is -0.320. The van der Waals surface area contributed by atoms with Crippen LogP contribution in [0.15, 0.2) is 0 Å². The number of hydrogen-bond acceptors (Lipinski definition) is 3. The second-order valence-electron chi connectivity index (χ2n) is 7.55. The van der Waals surface area contributed by atoms with Gasteiger partial charge in [0, 0.05) is 12.1 Å². The quantitative estimate of drug-likeness (QED) is 0.825. The molecule has 5 heteroatoms. The van der Waals surface area contributed by atoms with Gasteiger partial charge in [-0.15, -0.1) is 12.4 Å². The predicted molar refractivity (Wildman–Crippen MR) is 97.1 cm³/mol. The lowest BCUT2D eigenvalue weighted by Gasteiger charge is -2.48. The van der Waals surface area contributed by atoms with E-state index < -0.39 is 0 Å². The highest BCUT2D eigenvalue weighted by atomic mass is 35.5. The lowest BCUT2D eigenvalue weighted by atomic mass is 9.79. The monoisotopic (exact) mass is 343 g/mol.